The Balaban J connectivity index is 1.75. The summed E-state index contributed by atoms with van der Waals surface area (Å²) >= 11 is 0. The number of hydrogen-bond acceptors (Lipinski definition) is 9. The van der Waals surface area contributed by atoms with Crippen LogP contribution >= 0.6 is 0 Å². The summed E-state index contributed by atoms with van der Waals surface area (Å²) in [7, 11) is 0. The number of ether oxygens (including phenoxy) is 1. The maximum Gasteiger partial charge on any atom is 0.199 e. The van der Waals surface area contributed by atoms with Crippen molar-refractivity contribution in [2.75, 3.05) is 18.9 Å². The van der Waals surface area contributed by atoms with E-state index >= 15 is 0 Å². The van der Waals surface area contributed by atoms with Gasteiger partial charge in [-0.1, -0.05) is 6.42 Å². The molecule has 3 aromatic rings. The molecule has 0 amide bonds. The van der Waals surface area contributed by atoms with E-state index in [-0.39, 0.29) is 5.82 Å². The number of rotatable bonds is 7. The Morgan fingerprint density at radius 3 is 2.83 bits per heavy atom. The van der Waals surface area contributed by atoms with Crippen LogP contribution in [0.3, 0.4) is 0 Å². The second-order valence-corrected chi connectivity index (χ2v) is 8.19. The first-order valence-corrected chi connectivity index (χ1v) is 10.5. The zero-order valence-electron chi connectivity index (χ0n) is 17.7. The van der Waals surface area contributed by atoms with E-state index in [9.17, 15) is 5.11 Å². The number of nitrogens with zero attached hydrogens (tertiary/aromatic N) is 5. The highest BCUT2D eigenvalue weighted by Gasteiger charge is 2.29. The van der Waals surface area contributed by atoms with E-state index in [4.69, 9.17) is 20.1 Å². The average molecular weight is 415 g/mol. The van der Waals surface area contributed by atoms with Crippen molar-refractivity contribution in [3.63, 3.8) is 0 Å². The number of pyridine rings is 1. The van der Waals surface area contributed by atoms with E-state index in [0.29, 0.717) is 47.7 Å². The molecule has 10 nitrogen and oxygen atoms in total. The number of nitrogens with two attached hydrogens (primary N) is 1. The normalized spacial score (nSPS) is 17.5. The highest BCUT2D eigenvalue weighted by molar-refractivity contribution is 5.88. The van der Waals surface area contributed by atoms with Crippen LogP contribution in [-0.2, 0) is 12.1 Å². The zero-order chi connectivity index (χ0) is 21.3. The predicted octanol–water partition coefficient (Wildman–Crippen LogP) is 2.22. The summed E-state index contributed by atoms with van der Waals surface area (Å²) in [6.07, 6.45) is 6.24. The lowest BCUT2D eigenvalue weighted by Crippen LogP contribution is -2.35. The molecular weight excluding hydrogens is 386 g/mol. The Kier molecular flexibility index (Phi) is 5.61. The molecule has 1 unspecified atom stereocenters. The Morgan fingerprint density at radius 1 is 1.37 bits per heavy atom. The second kappa shape index (κ2) is 8.19. The molecule has 3 aromatic heterocycles. The molecule has 1 atom stereocenters. The van der Waals surface area contributed by atoms with Crippen LogP contribution in [0.25, 0.3) is 22.6 Å². The van der Waals surface area contributed by atoms with E-state index < -0.39 is 5.60 Å². The number of aliphatic hydroxyl groups is 1. The van der Waals surface area contributed by atoms with Gasteiger partial charge in [0.05, 0.1) is 18.5 Å². The Hall–Kier alpha value is -2.72. The van der Waals surface area contributed by atoms with Gasteiger partial charge in [-0.2, -0.15) is 0 Å². The highest BCUT2D eigenvalue weighted by atomic mass is 16.6. The first kappa shape index (κ1) is 20.5. The van der Waals surface area contributed by atoms with E-state index in [1.165, 1.54) is 19.3 Å². The van der Waals surface area contributed by atoms with Crippen LogP contribution in [0.5, 0.6) is 5.75 Å². The van der Waals surface area contributed by atoms with Crippen molar-refractivity contribution in [3.05, 3.63) is 11.9 Å². The molecule has 4 heterocycles. The molecule has 10 heteroatoms. The number of nitrogens with one attached hydrogen (secondary N) is 1. The number of nitrogen functional groups attached to an aromatic ring is 1. The first-order chi connectivity index (χ1) is 14.4. The van der Waals surface area contributed by atoms with Gasteiger partial charge in [0.15, 0.2) is 23.1 Å². The van der Waals surface area contributed by atoms with Crippen molar-refractivity contribution in [2.45, 2.75) is 64.6 Å². The molecule has 0 spiro atoms. The Labute approximate surface area is 174 Å². The predicted molar refractivity (Wildman–Crippen MR) is 112 cm³/mol. The fraction of sp³-hybridized carbons (Fsp3) is 0.600. The second-order valence-electron chi connectivity index (χ2n) is 8.19. The van der Waals surface area contributed by atoms with Crippen molar-refractivity contribution < 1.29 is 14.5 Å². The molecule has 0 aliphatic carbocycles. The lowest BCUT2D eigenvalue weighted by Gasteiger charge is -2.23. The third kappa shape index (κ3) is 3.84. The molecule has 4 N–H and O–H groups in total. The maximum absolute atomic E-state index is 10.7. The number of piperidine rings is 1. The van der Waals surface area contributed by atoms with Gasteiger partial charge in [-0.25, -0.2) is 9.61 Å². The molecule has 1 saturated heterocycles. The minimum Gasteiger partial charge on any atom is -0.490 e. The van der Waals surface area contributed by atoms with Crippen LogP contribution in [0.1, 0.15) is 52.1 Å². The van der Waals surface area contributed by atoms with Crippen LogP contribution < -0.4 is 15.8 Å². The molecule has 30 heavy (non-hydrogen) atoms. The summed E-state index contributed by atoms with van der Waals surface area (Å²) in [5.41, 5.74) is 6.85. The summed E-state index contributed by atoms with van der Waals surface area (Å²) in [6.45, 7) is 7.58. The molecule has 1 aliphatic heterocycles. The highest BCUT2D eigenvalue weighted by Crippen LogP contribution is 2.36. The number of anilines is 1. The Bertz CT molecular complexity index is 1020. The minimum atomic E-state index is -1.18. The summed E-state index contributed by atoms with van der Waals surface area (Å²) in [4.78, 5) is 9.20. The minimum absolute atomic E-state index is 0.156. The van der Waals surface area contributed by atoms with E-state index in [0.717, 1.165) is 18.5 Å². The SMILES string of the molecule is CCn1c(-c2nonc2N)nc2c(C(C)(C)O)ncc(OCCC3CCCCN3)c21. The van der Waals surface area contributed by atoms with Gasteiger partial charge in [-0.3, -0.25) is 4.98 Å². The zero-order valence-corrected chi connectivity index (χ0v) is 17.7. The van der Waals surface area contributed by atoms with Crippen molar-refractivity contribution in [2.24, 2.45) is 0 Å². The van der Waals surface area contributed by atoms with E-state index in [2.05, 4.69) is 20.6 Å². The van der Waals surface area contributed by atoms with Gasteiger partial charge < -0.3 is 25.5 Å². The molecule has 0 aromatic carbocycles. The van der Waals surface area contributed by atoms with Crippen LogP contribution in [0, 0.1) is 0 Å². The van der Waals surface area contributed by atoms with Gasteiger partial charge in [-0.15, -0.1) is 0 Å². The lowest BCUT2D eigenvalue weighted by atomic mass is 10.0. The van der Waals surface area contributed by atoms with E-state index in [1.54, 1.807) is 20.0 Å². The van der Waals surface area contributed by atoms with E-state index in [1.807, 2.05) is 11.5 Å². The smallest absolute Gasteiger partial charge is 0.199 e. The van der Waals surface area contributed by atoms with Crippen molar-refractivity contribution in [3.8, 4) is 17.3 Å². The molecule has 0 bridgehead atoms. The van der Waals surface area contributed by atoms with Crippen LogP contribution in [0.15, 0.2) is 10.8 Å². The standard InChI is InChI=1S/C20H29N7O3/c1-4-27-16-13(29-10-8-12-7-5-6-9-22-12)11-23-17(20(2,3)28)14(16)24-19(27)15-18(21)26-30-25-15/h11-12,22,28H,4-10H2,1-3H3,(H2,21,26). The van der Waals surface area contributed by atoms with Gasteiger partial charge in [0.25, 0.3) is 0 Å². The fourth-order valence-electron chi connectivity index (χ4n) is 3.99. The summed E-state index contributed by atoms with van der Waals surface area (Å²) in [6, 6.07) is 0.477. The molecule has 1 aliphatic rings. The monoisotopic (exact) mass is 415 g/mol. The molecular formula is C20H29N7O3. The Morgan fingerprint density at radius 2 is 2.20 bits per heavy atom. The topological polar surface area (TPSA) is 137 Å². The van der Waals surface area contributed by atoms with Gasteiger partial charge in [0.1, 0.15) is 16.6 Å². The summed E-state index contributed by atoms with van der Waals surface area (Å²) in [5.74, 6) is 1.27. The third-order valence-electron chi connectivity index (χ3n) is 5.49. The number of imidazole rings is 1. The average Bonchev–Trinajstić information content (AvgIpc) is 3.31. The quantitative estimate of drug-likeness (QED) is 0.530. The number of fused-ring (bicyclic) bond motifs is 1. The molecule has 0 radical (unpaired) electrons. The van der Waals surface area contributed by atoms with Gasteiger partial charge in [0, 0.05) is 12.6 Å². The lowest BCUT2D eigenvalue weighted by molar-refractivity contribution is 0.0753. The van der Waals surface area contributed by atoms with Crippen molar-refractivity contribution >= 4 is 16.9 Å². The van der Waals surface area contributed by atoms with Gasteiger partial charge in [-0.05, 0) is 56.9 Å². The third-order valence-corrected chi connectivity index (χ3v) is 5.49. The number of aromatic nitrogens is 5. The molecule has 0 saturated carbocycles. The molecule has 1 fully saturated rings. The van der Waals surface area contributed by atoms with Gasteiger partial charge in [0.2, 0.25) is 0 Å². The first-order valence-electron chi connectivity index (χ1n) is 10.5. The van der Waals surface area contributed by atoms with Crippen LogP contribution in [0.2, 0.25) is 0 Å². The number of hydrogen-bond donors (Lipinski definition) is 3. The van der Waals surface area contributed by atoms with Crippen LogP contribution in [0.4, 0.5) is 5.82 Å². The maximum atomic E-state index is 10.7. The number of aryl methyl sites for hydroxylation is 1. The summed E-state index contributed by atoms with van der Waals surface area (Å²) < 4.78 is 12.9. The fourth-order valence-corrected chi connectivity index (χ4v) is 3.99. The molecule has 4 rings (SSSR count). The van der Waals surface area contributed by atoms with Crippen molar-refractivity contribution in [1.82, 2.24) is 30.2 Å². The molecule has 162 valence electrons. The van der Waals surface area contributed by atoms with Crippen LogP contribution in [-0.4, -0.2) is 49.1 Å². The largest absolute Gasteiger partial charge is 0.490 e. The van der Waals surface area contributed by atoms with Crippen molar-refractivity contribution in [1.29, 1.82) is 0 Å². The van der Waals surface area contributed by atoms with Gasteiger partial charge >= 0.3 is 0 Å². The summed E-state index contributed by atoms with van der Waals surface area (Å²) in [5, 5.41) is 21.8.